The molecule has 0 aromatic heterocycles. The molecule has 2 amide bonds. The molecule has 12 heteroatoms. The van der Waals surface area contributed by atoms with Gasteiger partial charge in [-0.15, -0.1) is 0 Å². The van der Waals surface area contributed by atoms with E-state index in [1.54, 1.807) is 13.0 Å². The highest BCUT2D eigenvalue weighted by atomic mass is 32.2. The number of anilines is 1. The van der Waals surface area contributed by atoms with E-state index in [4.69, 9.17) is 9.47 Å². The van der Waals surface area contributed by atoms with Crippen LogP contribution in [0.1, 0.15) is 61.4 Å². The lowest BCUT2D eigenvalue weighted by atomic mass is 9.83. The molecule has 0 saturated heterocycles. The summed E-state index contributed by atoms with van der Waals surface area (Å²) in [5, 5.41) is 5.76. The second kappa shape index (κ2) is 13.2. The topological polar surface area (TPSA) is 93.7 Å². The van der Waals surface area contributed by atoms with Crippen LogP contribution in [0.2, 0.25) is 0 Å². The van der Waals surface area contributed by atoms with E-state index in [0.29, 0.717) is 24.8 Å². The van der Waals surface area contributed by atoms with Crippen LogP contribution in [0.3, 0.4) is 0 Å². The zero-order valence-electron chi connectivity index (χ0n) is 24.3. The Morgan fingerprint density at radius 1 is 1.07 bits per heavy atom. The van der Waals surface area contributed by atoms with Crippen molar-refractivity contribution in [2.75, 3.05) is 19.0 Å². The molecule has 2 aromatic carbocycles. The molecule has 2 fully saturated rings. The summed E-state index contributed by atoms with van der Waals surface area (Å²) in [5.74, 6) is -2.47. The minimum atomic E-state index is -4.46. The second-order valence-electron chi connectivity index (χ2n) is 11.4. The van der Waals surface area contributed by atoms with Gasteiger partial charge in [-0.25, -0.2) is 4.39 Å². The number of amides is 2. The Morgan fingerprint density at radius 2 is 1.84 bits per heavy atom. The number of carbonyl (C=O) groups is 3. The van der Waals surface area contributed by atoms with Crippen LogP contribution >= 0.6 is 11.8 Å². The van der Waals surface area contributed by atoms with Gasteiger partial charge in [-0.05, 0) is 98.9 Å². The summed E-state index contributed by atoms with van der Waals surface area (Å²) in [6, 6.07) is 7.68. The quantitative estimate of drug-likeness (QED) is 0.176. The van der Waals surface area contributed by atoms with E-state index < -0.39 is 29.2 Å². The normalized spacial score (nSPS) is 24.4. The predicted molar refractivity (Wildman–Crippen MR) is 157 cm³/mol. The maximum Gasteiger partial charge on any atom is 0.446 e. The lowest BCUT2D eigenvalue weighted by molar-refractivity contribution is -0.148. The molecule has 0 aliphatic heterocycles. The summed E-state index contributed by atoms with van der Waals surface area (Å²) in [4.78, 5) is 39.2. The monoisotopic (exact) mass is 634 g/mol. The highest BCUT2D eigenvalue weighted by Gasteiger charge is 2.51. The van der Waals surface area contributed by atoms with Gasteiger partial charge in [0.2, 0.25) is 5.91 Å². The number of methoxy groups -OCH3 is 1. The first-order chi connectivity index (χ1) is 21.0. The molecule has 5 unspecified atom stereocenters. The Kier molecular flexibility index (Phi) is 9.57. The van der Waals surface area contributed by atoms with Crippen LogP contribution in [0.5, 0.6) is 5.75 Å². The number of hydrogen-bond acceptors (Lipinski definition) is 6. The Balaban J connectivity index is 1.33. The molecule has 5 rings (SSSR count). The first-order valence-corrected chi connectivity index (χ1v) is 15.5. The summed E-state index contributed by atoms with van der Waals surface area (Å²) in [6.07, 6.45) is 5.52. The third-order valence-electron chi connectivity index (χ3n) is 8.76. The van der Waals surface area contributed by atoms with Crippen LogP contribution in [0, 0.1) is 29.5 Å². The lowest BCUT2D eigenvalue weighted by Crippen LogP contribution is -2.48. The van der Waals surface area contributed by atoms with Crippen molar-refractivity contribution in [2.45, 2.75) is 61.9 Å². The number of allylic oxidation sites excluding steroid dienone is 2. The Hall–Kier alpha value is -3.54. The molecule has 0 heterocycles. The van der Waals surface area contributed by atoms with E-state index in [-0.39, 0.29) is 75.5 Å². The number of carbonyl (C=O) groups excluding carboxylic acids is 3. The van der Waals surface area contributed by atoms with E-state index in [1.165, 1.54) is 43.5 Å². The summed E-state index contributed by atoms with van der Waals surface area (Å²) in [6.45, 7) is 2.03. The fraction of sp³-hybridized carbons (Fsp3) is 0.469. The number of hydrogen-bond donors (Lipinski definition) is 2. The van der Waals surface area contributed by atoms with Crippen molar-refractivity contribution >= 4 is 40.8 Å². The molecular weight excluding hydrogens is 600 g/mol. The number of esters is 1. The van der Waals surface area contributed by atoms with Gasteiger partial charge in [0.25, 0.3) is 5.91 Å². The largest absolute Gasteiger partial charge is 0.496 e. The van der Waals surface area contributed by atoms with Crippen LogP contribution < -0.4 is 15.4 Å². The van der Waals surface area contributed by atoms with Gasteiger partial charge in [-0.2, -0.15) is 13.2 Å². The van der Waals surface area contributed by atoms with E-state index in [2.05, 4.69) is 10.6 Å². The Morgan fingerprint density at radius 3 is 2.52 bits per heavy atom. The van der Waals surface area contributed by atoms with Gasteiger partial charge in [-0.3, -0.25) is 14.4 Å². The molecule has 0 spiro atoms. The molecule has 2 saturated carbocycles. The van der Waals surface area contributed by atoms with Crippen LogP contribution in [0.4, 0.5) is 23.2 Å². The highest BCUT2D eigenvalue weighted by Crippen LogP contribution is 2.49. The molecule has 2 bridgehead atoms. The van der Waals surface area contributed by atoms with Gasteiger partial charge in [0.05, 0.1) is 31.1 Å². The van der Waals surface area contributed by atoms with Crippen molar-refractivity contribution in [1.29, 1.82) is 0 Å². The van der Waals surface area contributed by atoms with Crippen molar-refractivity contribution in [2.24, 2.45) is 23.7 Å². The third kappa shape index (κ3) is 7.06. The first kappa shape index (κ1) is 31.9. The van der Waals surface area contributed by atoms with Crippen molar-refractivity contribution in [3.63, 3.8) is 0 Å². The second-order valence-corrected chi connectivity index (χ2v) is 12.5. The smallest absolute Gasteiger partial charge is 0.446 e. The fourth-order valence-electron chi connectivity index (χ4n) is 6.80. The maximum absolute atomic E-state index is 15.2. The molecule has 44 heavy (non-hydrogen) atoms. The average Bonchev–Trinajstić information content (AvgIpc) is 3.58. The number of alkyl halides is 3. The number of halogens is 4. The molecule has 7 nitrogen and oxygen atoms in total. The van der Waals surface area contributed by atoms with E-state index in [9.17, 15) is 27.6 Å². The molecule has 2 N–H and O–H groups in total. The minimum absolute atomic E-state index is 0.0171. The van der Waals surface area contributed by atoms with Crippen LogP contribution in [0.25, 0.3) is 5.57 Å². The summed E-state index contributed by atoms with van der Waals surface area (Å²) in [7, 11) is 1.34. The summed E-state index contributed by atoms with van der Waals surface area (Å²) >= 11 is -0.260. The molecule has 5 atom stereocenters. The van der Waals surface area contributed by atoms with Crippen LogP contribution in [-0.4, -0.2) is 43.1 Å². The zero-order chi connectivity index (χ0) is 31.6. The number of nitrogens with one attached hydrogen (secondary N) is 2. The summed E-state index contributed by atoms with van der Waals surface area (Å²) in [5.41, 5.74) is -3.16. The van der Waals surface area contributed by atoms with Gasteiger partial charge < -0.3 is 20.1 Å². The lowest BCUT2D eigenvalue weighted by Gasteiger charge is -2.31. The van der Waals surface area contributed by atoms with E-state index >= 15 is 4.39 Å². The van der Waals surface area contributed by atoms with E-state index in [1.807, 2.05) is 0 Å². The average molecular weight is 635 g/mol. The Labute approximate surface area is 257 Å². The van der Waals surface area contributed by atoms with Crippen molar-refractivity contribution in [1.82, 2.24) is 5.32 Å². The number of benzene rings is 2. The van der Waals surface area contributed by atoms with Gasteiger partial charge in [0.1, 0.15) is 11.6 Å². The fourth-order valence-corrected chi connectivity index (χ4v) is 7.40. The molecule has 236 valence electrons. The Bertz CT molecular complexity index is 1460. The van der Waals surface area contributed by atoms with Gasteiger partial charge in [0, 0.05) is 28.3 Å². The maximum atomic E-state index is 15.2. The number of thioether (sulfide) groups is 1. The SMILES string of the molecule is CCOC(=O)C1CC=C(c2cc(C(=O)NC3C4CCC(C4)C3C(=O)Nc3cccc(SC(F)(F)F)c3)c(OC)cc2F)CC1. The van der Waals surface area contributed by atoms with Crippen molar-refractivity contribution in [3.8, 4) is 5.75 Å². The predicted octanol–water partition coefficient (Wildman–Crippen LogP) is 6.98. The standard InChI is InChI=1S/C32H34F4N2O5S/c1-3-43-31(41)18-9-7-17(8-10-18)23-15-24(26(42-2)16-25(23)33)29(39)38-28-20-12-11-19(13-20)27(28)30(40)37-21-5-4-6-22(14-21)44-32(34,35)36/h4-7,14-16,18-20,27-28H,3,8-13H2,1-2H3,(H,37,40)(H,38,39). The molecule has 2 aromatic rings. The molecule has 3 aliphatic carbocycles. The number of fused-ring (bicyclic) bond motifs is 2. The van der Waals surface area contributed by atoms with Gasteiger partial charge >= 0.3 is 11.5 Å². The minimum Gasteiger partial charge on any atom is -0.496 e. The van der Waals surface area contributed by atoms with Crippen molar-refractivity contribution in [3.05, 3.63) is 59.4 Å². The van der Waals surface area contributed by atoms with Crippen molar-refractivity contribution < 1.29 is 41.4 Å². The molecular formula is C32H34F4N2O5S. The van der Waals surface area contributed by atoms with E-state index in [0.717, 1.165) is 19.3 Å². The molecule has 0 radical (unpaired) electrons. The number of ether oxygens (including phenoxy) is 2. The highest BCUT2D eigenvalue weighted by molar-refractivity contribution is 8.00. The van der Waals surface area contributed by atoms with Gasteiger partial charge in [0.15, 0.2) is 0 Å². The third-order valence-corrected chi connectivity index (χ3v) is 9.48. The summed E-state index contributed by atoms with van der Waals surface area (Å²) < 4.78 is 64.2. The number of rotatable bonds is 9. The molecule has 3 aliphatic rings. The van der Waals surface area contributed by atoms with Crippen LogP contribution in [-0.2, 0) is 14.3 Å². The zero-order valence-corrected chi connectivity index (χ0v) is 25.2. The van der Waals surface area contributed by atoms with Gasteiger partial charge in [-0.1, -0.05) is 12.1 Å². The first-order valence-electron chi connectivity index (χ1n) is 14.7. The van der Waals surface area contributed by atoms with Crippen LogP contribution in [0.15, 0.2) is 47.4 Å².